The summed E-state index contributed by atoms with van der Waals surface area (Å²) in [5, 5.41) is 6.65. The highest BCUT2D eigenvalue weighted by molar-refractivity contribution is 14.0. The first kappa shape index (κ1) is 20.9. The van der Waals surface area contributed by atoms with Crippen LogP contribution in [0.3, 0.4) is 0 Å². The number of guanidine groups is 1. The molecule has 24 heavy (non-hydrogen) atoms. The van der Waals surface area contributed by atoms with Gasteiger partial charge in [0.1, 0.15) is 5.75 Å². The summed E-state index contributed by atoms with van der Waals surface area (Å²) in [5.41, 5.74) is 0.647. The maximum absolute atomic E-state index is 12.4. The maximum Gasteiger partial charge on any atom is 0.387 e. The molecule has 1 saturated carbocycles. The van der Waals surface area contributed by atoms with Gasteiger partial charge in [0.05, 0.1) is 6.54 Å². The molecule has 0 amide bonds. The lowest BCUT2D eigenvalue weighted by molar-refractivity contribution is -0.0504. The fourth-order valence-electron chi connectivity index (χ4n) is 2.77. The van der Waals surface area contributed by atoms with Crippen molar-refractivity contribution in [3.63, 3.8) is 0 Å². The minimum Gasteiger partial charge on any atom is -0.434 e. The van der Waals surface area contributed by atoms with Gasteiger partial charge in [-0.2, -0.15) is 8.78 Å². The molecule has 1 aromatic rings. The van der Waals surface area contributed by atoms with Gasteiger partial charge in [-0.3, -0.25) is 0 Å². The van der Waals surface area contributed by atoms with Crippen LogP contribution in [0.2, 0.25) is 0 Å². The lowest BCUT2D eigenvalue weighted by Crippen LogP contribution is -2.44. The number of halogens is 3. The van der Waals surface area contributed by atoms with Crippen LogP contribution in [0.5, 0.6) is 5.75 Å². The van der Waals surface area contributed by atoms with Gasteiger partial charge in [0, 0.05) is 18.2 Å². The van der Waals surface area contributed by atoms with Crippen molar-refractivity contribution < 1.29 is 13.5 Å². The van der Waals surface area contributed by atoms with E-state index in [0.717, 1.165) is 25.3 Å². The van der Waals surface area contributed by atoms with Crippen LogP contribution in [0.15, 0.2) is 29.3 Å². The van der Waals surface area contributed by atoms with Crippen molar-refractivity contribution in [2.75, 3.05) is 6.54 Å². The van der Waals surface area contributed by atoms with Crippen molar-refractivity contribution in [2.45, 2.75) is 58.2 Å². The van der Waals surface area contributed by atoms with Crippen molar-refractivity contribution in [1.29, 1.82) is 0 Å². The first-order chi connectivity index (χ1) is 11.2. The number of ether oxygens (including phenoxy) is 1. The molecule has 0 heterocycles. The molecule has 0 atom stereocenters. The van der Waals surface area contributed by atoms with Crippen LogP contribution in [-0.4, -0.2) is 25.2 Å². The molecule has 0 bridgehead atoms. The SMILES string of the molecule is CCNC(=NCc1ccccc1OC(F)F)NC1CCCCC1.I. The second-order valence-electron chi connectivity index (χ2n) is 5.66. The van der Waals surface area contributed by atoms with E-state index in [4.69, 9.17) is 0 Å². The van der Waals surface area contributed by atoms with Crippen molar-refractivity contribution in [1.82, 2.24) is 10.6 Å². The zero-order chi connectivity index (χ0) is 16.5. The van der Waals surface area contributed by atoms with Gasteiger partial charge in [-0.1, -0.05) is 37.5 Å². The summed E-state index contributed by atoms with van der Waals surface area (Å²) >= 11 is 0. The van der Waals surface area contributed by atoms with Gasteiger partial charge >= 0.3 is 6.61 Å². The third-order valence-electron chi connectivity index (χ3n) is 3.89. The Hall–Kier alpha value is -1.12. The Bertz CT molecular complexity index is 508. The standard InChI is InChI=1S/C17H25F2N3O.HI/c1-2-20-17(22-14-9-4-3-5-10-14)21-12-13-8-6-7-11-15(13)23-16(18)19;/h6-8,11,14,16H,2-5,9-10,12H2,1H3,(H2,20,21,22);1H. The maximum atomic E-state index is 12.4. The fraction of sp³-hybridized carbons (Fsp3) is 0.588. The van der Waals surface area contributed by atoms with Gasteiger partial charge in [-0.15, -0.1) is 24.0 Å². The highest BCUT2D eigenvalue weighted by atomic mass is 127. The van der Waals surface area contributed by atoms with Crippen molar-refractivity contribution in [3.05, 3.63) is 29.8 Å². The Labute approximate surface area is 159 Å². The minimum absolute atomic E-state index is 0. The number of hydrogen-bond acceptors (Lipinski definition) is 2. The molecular formula is C17H26F2IN3O. The normalized spacial score (nSPS) is 15.8. The number of nitrogens with zero attached hydrogens (tertiary/aromatic N) is 1. The first-order valence-electron chi connectivity index (χ1n) is 8.26. The van der Waals surface area contributed by atoms with E-state index >= 15 is 0 Å². The predicted molar refractivity (Wildman–Crippen MR) is 103 cm³/mol. The van der Waals surface area contributed by atoms with Crippen molar-refractivity contribution in [3.8, 4) is 5.75 Å². The summed E-state index contributed by atoms with van der Waals surface area (Å²) in [5.74, 6) is 0.908. The molecule has 1 aliphatic rings. The summed E-state index contributed by atoms with van der Waals surface area (Å²) in [6.07, 6.45) is 6.07. The fourth-order valence-corrected chi connectivity index (χ4v) is 2.77. The molecule has 136 valence electrons. The van der Waals surface area contributed by atoms with E-state index in [1.165, 1.54) is 19.3 Å². The van der Waals surface area contributed by atoms with E-state index in [9.17, 15) is 8.78 Å². The Morgan fingerprint density at radius 3 is 2.62 bits per heavy atom. The zero-order valence-electron chi connectivity index (χ0n) is 13.9. The second-order valence-corrected chi connectivity index (χ2v) is 5.66. The van der Waals surface area contributed by atoms with Crippen LogP contribution in [0.4, 0.5) is 8.78 Å². The highest BCUT2D eigenvalue weighted by Gasteiger charge is 2.14. The molecule has 2 N–H and O–H groups in total. The Morgan fingerprint density at radius 2 is 1.96 bits per heavy atom. The lowest BCUT2D eigenvalue weighted by Gasteiger charge is -2.25. The van der Waals surface area contributed by atoms with Gasteiger partial charge in [0.2, 0.25) is 0 Å². The largest absolute Gasteiger partial charge is 0.434 e. The van der Waals surface area contributed by atoms with Crippen LogP contribution in [0.1, 0.15) is 44.6 Å². The average molecular weight is 453 g/mol. The summed E-state index contributed by atoms with van der Waals surface area (Å²) in [7, 11) is 0. The number of aliphatic imine (C=N–C) groups is 1. The van der Waals surface area contributed by atoms with Gasteiger partial charge in [0.15, 0.2) is 5.96 Å². The third kappa shape index (κ3) is 7.19. The minimum atomic E-state index is -2.83. The molecule has 0 aliphatic heterocycles. The van der Waals surface area contributed by atoms with E-state index in [1.807, 2.05) is 6.92 Å². The monoisotopic (exact) mass is 453 g/mol. The van der Waals surface area contributed by atoms with Gasteiger partial charge < -0.3 is 15.4 Å². The average Bonchev–Trinajstić information content (AvgIpc) is 2.54. The number of rotatable bonds is 6. The zero-order valence-corrected chi connectivity index (χ0v) is 16.3. The first-order valence-corrected chi connectivity index (χ1v) is 8.26. The van der Waals surface area contributed by atoms with Gasteiger partial charge in [-0.25, -0.2) is 4.99 Å². The topological polar surface area (TPSA) is 45.7 Å². The number of alkyl halides is 2. The third-order valence-corrected chi connectivity index (χ3v) is 3.89. The van der Waals surface area contributed by atoms with Crippen LogP contribution in [0, 0.1) is 0 Å². The van der Waals surface area contributed by atoms with E-state index in [1.54, 1.807) is 24.3 Å². The smallest absolute Gasteiger partial charge is 0.387 e. The van der Waals surface area contributed by atoms with E-state index < -0.39 is 6.61 Å². The Morgan fingerprint density at radius 1 is 1.25 bits per heavy atom. The number of hydrogen-bond donors (Lipinski definition) is 2. The molecular weight excluding hydrogens is 427 g/mol. The Balaban J connectivity index is 0.00000288. The molecule has 0 spiro atoms. The van der Waals surface area contributed by atoms with Crippen molar-refractivity contribution in [2.24, 2.45) is 4.99 Å². The van der Waals surface area contributed by atoms with Crippen LogP contribution in [-0.2, 0) is 6.54 Å². The Kier molecular flexibility index (Phi) is 9.97. The molecule has 4 nitrogen and oxygen atoms in total. The van der Waals surface area contributed by atoms with E-state index in [0.29, 0.717) is 18.2 Å². The predicted octanol–water partition coefficient (Wildman–Crippen LogP) is 4.29. The van der Waals surface area contributed by atoms with Crippen LogP contribution >= 0.6 is 24.0 Å². The van der Waals surface area contributed by atoms with Crippen LogP contribution in [0.25, 0.3) is 0 Å². The van der Waals surface area contributed by atoms with Gasteiger partial charge in [-0.05, 0) is 25.8 Å². The molecule has 0 saturated heterocycles. The molecule has 0 aromatic heterocycles. The molecule has 0 unspecified atom stereocenters. The van der Waals surface area contributed by atoms with E-state index in [-0.39, 0.29) is 29.7 Å². The number of nitrogens with one attached hydrogen (secondary N) is 2. The molecule has 1 aromatic carbocycles. The second kappa shape index (κ2) is 11.4. The quantitative estimate of drug-likeness (QED) is 0.384. The lowest BCUT2D eigenvalue weighted by atomic mass is 9.96. The number of para-hydroxylation sites is 1. The van der Waals surface area contributed by atoms with E-state index in [2.05, 4.69) is 20.4 Å². The molecule has 1 fully saturated rings. The summed E-state index contributed by atoms with van der Waals surface area (Å²) in [4.78, 5) is 4.52. The molecule has 0 radical (unpaired) electrons. The van der Waals surface area contributed by atoms with Gasteiger partial charge in [0.25, 0.3) is 0 Å². The summed E-state index contributed by atoms with van der Waals surface area (Å²) in [6, 6.07) is 7.21. The van der Waals surface area contributed by atoms with Crippen molar-refractivity contribution >= 4 is 29.9 Å². The summed E-state index contributed by atoms with van der Waals surface area (Å²) < 4.78 is 29.4. The molecule has 7 heteroatoms. The molecule has 1 aliphatic carbocycles. The number of benzene rings is 1. The highest BCUT2D eigenvalue weighted by Crippen LogP contribution is 2.21. The summed E-state index contributed by atoms with van der Waals surface area (Å²) in [6.45, 7) is 0.235. The molecule has 2 rings (SSSR count). The van der Waals surface area contributed by atoms with Crippen LogP contribution < -0.4 is 15.4 Å².